The number of ether oxygens (including phenoxy) is 2. The van der Waals surface area contributed by atoms with Gasteiger partial charge in [0.25, 0.3) is 5.91 Å². The molecule has 0 saturated heterocycles. The number of thiophene rings is 1. The molecule has 3 N–H and O–H groups in total. The topological polar surface area (TPSA) is 90.7 Å². The summed E-state index contributed by atoms with van der Waals surface area (Å²) < 4.78 is 24.1. The third-order valence-electron chi connectivity index (χ3n) is 4.91. The minimum Gasteiger partial charge on any atom is -0.493 e. The highest BCUT2D eigenvalue weighted by Crippen LogP contribution is 2.47. The first-order valence-electron chi connectivity index (χ1n) is 9.22. The zero-order valence-electron chi connectivity index (χ0n) is 16.1. The lowest BCUT2D eigenvalue weighted by molar-refractivity contribution is -0.120. The SMILES string of the molecule is COc1cc(C2CC(=O)Nc3c(-c4ccc(F)cc4)csc32)ccc1OCC(N)=O. The van der Waals surface area contributed by atoms with Crippen molar-refractivity contribution in [3.05, 3.63) is 64.1 Å². The molecule has 0 bridgehead atoms. The van der Waals surface area contributed by atoms with Crippen molar-refractivity contribution in [2.75, 3.05) is 19.0 Å². The number of nitrogens with one attached hydrogen (secondary N) is 1. The van der Waals surface area contributed by atoms with Gasteiger partial charge in [-0.15, -0.1) is 11.3 Å². The normalized spacial score (nSPS) is 15.3. The van der Waals surface area contributed by atoms with Crippen LogP contribution in [0, 0.1) is 5.82 Å². The molecule has 1 unspecified atom stereocenters. The van der Waals surface area contributed by atoms with Gasteiger partial charge in [0.2, 0.25) is 5.91 Å². The second kappa shape index (κ2) is 8.16. The van der Waals surface area contributed by atoms with Crippen molar-refractivity contribution in [3.8, 4) is 22.6 Å². The molecule has 1 atom stereocenters. The molecule has 4 rings (SSSR count). The van der Waals surface area contributed by atoms with Gasteiger partial charge in [0.05, 0.1) is 12.8 Å². The number of methoxy groups -OCH3 is 1. The molecule has 154 valence electrons. The predicted molar refractivity (Wildman–Crippen MR) is 112 cm³/mol. The Kier molecular flexibility index (Phi) is 5.41. The second-order valence-corrected chi connectivity index (χ2v) is 7.78. The Labute approximate surface area is 176 Å². The second-order valence-electron chi connectivity index (χ2n) is 6.87. The number of benzene rings is 2. The summed E-state index contributed by atoms with van der Waals surface area (Å²) in [5.74, 6) is -0.290. The lowest BCUT2D eigenvalue weighted by Crippen LogP contribution is -2.22. The third kappa shape index (κ3) is 3.86. The molecule has 8 heteroatoms. The molecule has 0 saturated carbocycles. The molecule has 3 aromatic rings. The number of carbonyl (C=O) groups is 2. The molecular weight excluding hydrogens is 407 g/mol. The quantitative estimate of drug-likeness (QED) is 0.626. The largest absolute Gasteiger partial charge is 0.493 e. The lowest BCUT2D eigenvalue weighted by Gasteiger charge is -2.24. The molecule has 2 amide bonds. The van der Waals surface area contributed by atoms with Gasteiger partial charge in [-0.05, 0) is 35.4 Å². The molecule has 2 aromatic carbocycles. The highest BCUT2D eigenvalue weighted by Gasteiger charge is 2.31. The smallest absolute Gasteiger partial charge is 0.255 e. The zero-order chi connectivity index (χ0) is 21.3. The Bertz CT molecular complexity index is 1110. The summed E-state index contributed by atoms with van der Waals surface area (Å²) in [6.07, 6.45) is 0.293. The van der Waals surface area contributed by atoms with E-state index in [-0.39, 0.29) is 24.2 Å². The average Bonchev–Trinajstić information content (AvgIpc) is 3.15. The molecule has 0 radical (unpaired) electrons. The standard InChI is InChI=1S/C22H19FN2O4S/c1-28-18-8-13(4-7-17(18)29-10-19(24)26)15-9-20(27)25-21-16(11-30-22(15)21)12-2-5-14(23)6-3-12/h2-8,11,15H,9-10H2,1H3,(H2,24,26)(H,25,27). The van der Waals surface area contributed by atoms with Crippen LogP contribution in [0.3, 0.4) is 0 Å². The molecule has 1 aromatic heterocycles. The van der Waals surface area contributed by atoms with Crippen molar-refractivity contribution < 1.29 is 23.5 Å². The summed E-state index contributed by atoms with van der Waals surface area (Å²) in [7, 11) is 1.51. The summed E-state index contributed by atoms with van der Waals surface area (Å²) in [4.78, 5) is 24.5. The van der Waals surface area contributed by atoms with Crippen LogP contribution < -0.4 is 20.5 Å². The van der Waals surface area contributed by atoms with Crippen molar-refractivity contribution in [3.63, 3.8) is 0 Å². The highest BCUT2D eigenvalue weighted by molar-refractivity contribution is 7.11. The van der Waals surface area contributed by atoms with Crippen LogP contribution in [0.25, 0.3) is 11.1 Å². The molecule has 1 aliphatic rings. The van der Waals surface area contributed by atoms with Crippen molar-refractivity contribution in [2.24, 2.45) is 5.73 Å². The molecule has 6 nitrogen and oxygen atoms in total. The molecule has 0 aliphatic carbocycles. The Morgan fingerprint density at radius 1 is 1.23 bits per heavy atom. The molecule has 2 heterocycles. The number of hydrogen-bond donors (Lipinski definition) is 2. The van der Waals surface area contributed by atoms with Crippen LogP contribution in [0.1, 0.15) is 22.8 Å². The van der Waals surface area contributed by atoms with Gasteiger partial charge in [0.15, 0.2) is 18.1 Å². The summed E-state index contributed by atoms with van der Waals surface area (Å²) in [5, 5.41) is 4.93. The zero-order valence-corrected chi connectivity index (χ0v) is 16.9. The summed E-state index contributed by atoms with van der Waals surface area (Å²) in [6.45, 7) is -0.252. The average molecular weight is 426 g/mol. The number of fused-ring (bicyclic) bond motifs is 1. The van der Waals surface area contributed by atoms with Crippen molar-refractivity contribution in [2.45, 2.75) is 12.3 Å². The first kappa shape index (κ1) is 19.9. The summed E-state index contributed by atoms with van der Waals surface area (Å²) in [5.41, 5.74) is 8.48. The van der Waals surface area contributed by atoms with Crippen LogP contribution in [0.4, 0.5) is 10.1 Å². The van der Waals surface area contributed by atoms with Crippen molar-refractivity contribution in [1.29, 1.82) is 0 Å². The molecular formula is C22H19FN2O4S. The third-order valence-corrected chi connectivity index (χ3v) is 6.00. The van der Waals surface area contributed by atoms with Gasteiger partial charge in [-0.2, -0.15) is 0 Å². The Balaban J connectivity index is 1.71. The predicted octanol–water partition coefficient (Wildman–Crippen LogP) is 3.90. The van der Waals surface area contributed by atoms with E-state index in [1.54, 1.807) is 35.6 Å². The van der Waals surface area contributed by atoms with Crippen LogP contribution >= 0.6 is 11.3 Å². The number of amides is 2. The lowest BCUT2D eigenvalue weighted by atomic mass is 9.89. The van der Waals surface area contributed by atoms with E-state index in [1.807, 2.05) is 11.4 Å². The minimum absolute atomic E-state index is 0.0951. The van der Waals surface area contributed by atoms with Crippen molar-refractivity contribution in [1.82, 2.24) is 0 Å². The van der Waals surface area contributed by atoms with E-state index in [9.17, 15) is 14.0 Å². The Hall–Kier alpha value is -3.39. The van der Waals surface area contributed by atoms with Crippen LogP contribution in [0.2, 0.25) is 0 Å². The number of primary amides is 1. The van der Waals surface area contributed by atoms with Gasteiger partial charge in [-0.25, -0.2) is 4.39 Å². The van der Waals surface area contributed by atoms with Crippen LogP contribution in [-0.4, -0.2) is 25.5 Å². The fourth-order valence-electron chi connectivity index (χ4n) is 3.51. The Morgan fingerprint density at radius 2 is 2.00 bits per heavy atom. The van der Waals surface area contributed by atoms with E-state index < -0.39 is 5.91 Å². The highest BCUT2D eigenvalue weighted by atomic mass is 32.1. The monoisotopic (exact) mass is 426 g/mol. The number of halogens is 1. The van der Waals surface area contributed by atoms with Gasteiger partial charge in [-0.1, -0.05) is 18.2 Å². The Morgan fingerprint density at radius 3 is 2.70 bits per heavy atom. The molecule has 0 spiro atoms. The van der Waals surface area contributed by atoms with E-state index in [0.29, 0.717) is 17.9 Å². The first-order chi connectivity index (χ1) is 14.5. The van der Waals surface area contributed by atoms with Gasteiger partial charge >= 0.3 is 0 Å². The number of anilines is 1. The number of hydrogen-bond acceptors (Lipinski definition) is 5. The van der Waals surface area contributed by atoms with Gasteiger partial charge in [-0.3, -0.25) is 9.59 Å². The van der Waals surface area contributed by atoms with Gasteiger partial charge < -0.3 is 20.5 Å². The number of carbonyl (C=O) groups excluding carboxylic acids is 2. The van der Waals surface area contributed by atoms with E-state index in [0.717, 1.165) is 27.3 Å². The van der Waals surface area contributed by atoms with Crippen LogP contribution in [0.15, 0.2) is 47.8 Å². The maximum Gasteiger partial charge on any atom is 0.255 e. The van der Waals surface area contributed by atoms with Crippen LogP contribution in [-0.2, 0) is 9.59 Å². The number of nitrogens with two attached hydrogens (primary N) is 1. The maximum absolute atomic E-state index is 13.3. The molecule has 1 aliphatic heterocycles. The van der Waals surface area contributed by atoms with Gasteiger partial charge in [0.1, 0.15) is 5.82 Å². The molecule has 30 heavy (non-hydrogen) atoms. The minimum atomic E-state index is -0.582. The summed E-state index contributed by atoms with van der Waals surface area (Å²) in [6, 6.07) is 11.6. The van der Waals surface area contributed by atoms with E-state index in [2.05, 4.69) is 5.32 Å². The first-order valence-corrected chi connectivity index (χ1v) is 10.1. The van der Waals surface area contributed by atoms with E-state index in [1.165, 1.54) is 19.2 Å². The maximum atomic E-state index is 13.3. The van der Waals surface area contributed by atoms with Crippen LogP contribution in [0.5, 0.6) is 11.5 Å². The van der Waals surface area contributed by atoms with Crippen molar-refractivity contribution >= 4 is 28.8 Å². The van der Waals surface area contributed by atoms with E-state index in [4.69, 9.17) is 15.2 Å². The molecule has 0 fully saturated rings. The fourth-order valence-corrected chi connectivity index (χ4v) is 4.67. The van der Waals surface area contributed by atoms with Gasteiger partial charge in [0, 0.05) is 28.2 Å². The fraction of sp³-hybridized carbons (Fsp3) is 0.182. The number of rotatable bonds is 6. The van der Waals surface area contributed by atoms with E-state index >= 15 is 0 Å². The summed E-state index contributed by atoms with van der Waals surface area (Å²) >= 11 is 1.55.